The van der Waals surface area contributed by atoms with E-state index in [0.717, 1.165) is 17.7 Å². The summed E-state index contributed by atoms with van der Waals surface area (Å²) >= 11 is 5.61. The summed E-state index contributed by atoms with van der Waals surface area (Å²) in [6, 6.07) is 6.15. The quantitative estimate of drug-likeness (QED) is 0.583. The van der Waals surface area contributed by atoms with E-state index in [2.05, 4.69) is 24.8 Å². The van der Waals surface area contributed by atoms with Crippen LogP contribution in [0.1, 0.15) is 43.2 Å². The van der Waals surface area contributed by atoms with Crippen LogP contribution < -0.4 is 4.74 Å². The molecule has 0 radical (unpaired) electrons. The summed E-state index contributed by atoms with van der Waals surface area (Å²) < 4.78 is 5.97. The SMILES string of the molecule is Cc1cc(OC2CCCC2)ccc1C#CCCCl. The van der Waals surface area contributed by atoms with E-state index in [1.807, 2.05) is 12.1 Å². The summed E-state index contributed by atoms with van der Waals surface area (Å²) in [7, 11) is 0. The average molecular weight is 263 g/mol. The van der Waals surface area contributed by atoms with Gasteiger partial charge in [0, 0.05) is 17.9 Å². The van der Waals surface area contributed by atoms with Gasteiger partial charge in [-0.2, -0.15) is 0 Å². The van der Waals surface area contributed by atoms with Crippen molar-refractivity contribution in [3.63, 3.8) is 0 Å². The summed E-state index contributed by atoms with van der Waals surface area (Å²) in [4.78, 5) is 0. The molecule has 18 heavy (non-hydrogen) atoms. The van der Waals surface area contributed by atoms with Crippen LogP contribution in [0.4, 0.5) is 0 Å². The molecule has 0 aliphatic heterocycles. The van der Waals surface area contributed by atoms with E-state index in [1.165, 1.54) is 31.2 Å². The molecule has 1 aliphatic carbocycles. The van der Waals surface area contributed by atoms with Crippen LogP contribution in [0.15, 0.2) is 18.2 Å². The Morgan fingerprint density at radius 2 is 2.11 bits per heavy atom. The highest BCUT2D eigenvalue weighted by Gasteiger charge is 2.16. The fourth-order valence-corrected chi connectivity index (χ4v) is 2.35. The maximum absolute atomic E-state index is 5.97. The molecule has 2 rings (SSSR count). The zero-order valence-corrected chi connectivity index (χ0v) is 11.6. The van der Waals surface area contributed by atoms with Crippen LogP contribution in [-0.4, -0.2) is 12.0 Å². The molecule has 1 aromatic rings. The predicted octanol–water partition coefficient (Wildman–Crippen LogP) is 4.30. The minimum atomic E-state index is 0.414. The van der Waals surface area contributed by atoms with Gasteiger partial charge < -0.3 is 4.74 Å². The van der Waals surface area contributed by atoms with Crippen LogP contribution >= 0.6 is 11.6 Å². The third-order valence-corrected chi connectivity index (χ3v) is 3.43. The first kappa shape index (κ1) is 13.3. The van der Waals surface area contributed by atoms with Crippen LogP contribution in [0.25, 0.3) is 0 Å². The van der Waals surface area contributed by atoms with Gasteiger partial charge >= 0.3 is 0 Å². The van der Waals surface area contributed by atoms with Crippen molar-refractivity contribution in [2.45, 2.75) is 45.1 Å². The fraction of sp³-hybridized carbons (Fsp3) is 0.500. The Labute approximate surface area is 114 Å². The first-order chi connectivity index (χ1) is 8.79. The zero-order chi connectivity index (χ0) is 12.8. The van der Waals surface area contributed by atoms with Crippen molar-refractivity contribution >= 4 is 11.6 Å². The van der Waals surface area contributed by atoms with E-state index in [1.54, 1.807) is 0 Å². The normalized spacial score (nSPS) is 15.2. The van der Waals surface area contributed by atoms with Crippen molar-refractivity contribution in [1.29, 1.82) is 0 Å². The number of rotatable bonds is 3. The monoisotopic (exact) mass is 262 g/mol. The van der Waals surface area contributed by atoms with E-state index >= 15 is 0 Å². The Balaban J connectivity index is 2.02. The molecule has 0 atom stereocenters. The Bertz CT molecular complexity index is 450. The number of halogens is 1. The van der Waals surface area contributed by atoms with Crippen molar-refractivity contribution in [3.05, 3.63) is 29.3 Å². The molecule has 0 saturated heterocycles. The van der Waals surface area contributed by atoms with E-state index < -0.39 is 0 Å². The minimum absolute atomic E-state index is 0.414. The molecule has 0 amide bonds. The standard InChI is InChI=1S/C16H19ClO/c1-13-12-16(18-15-7-2-3-8-15)10-9-14(13)6-4-5-11-17/h9-10,12,15H,2-3,5,7-8,11H2,1H3. The molecule has 2 heteroatoms. The van der Waals surface area contributed by atoms with Crippen molar-refractivity contribution in [1.82, 2.24) is 0 Å². The second kappa shape index (κ2) is 6.71. The van der Waals surface area contributed by atoms with Gasteiger partial charge in [-0.05, 0) is 56.4 Å². The number of benzene rings is 1. The second-order valence-corrected chi connectivity index (χ2v) is 5.12. The lowest BCUT2D eigenvalue weighted by Gasteiger charge is -2.13. The Hall–Kier alpha value is -1.13. The number of alkyl halides is 1. The largest absolute Gasteiger partial charge is 0.490 e. The molecule has 1 saturated carbocycles. The van der Waals surface area contributed by atoms with Gasteiger partial charge in [0.1, 0.15) is 5.75 Å². The van der Waals surface area contributed by atoms with Crippen molar-refractivity contribution in [3.8, 4) is 17.6 Å². The molecule has 1 nitrogen and oxygen atoms in total. The summed E-state index contributed by atoms with van der Waals surface area (Å²) in [5, 5.41) is 0. The van der Waals surface area contributed by atoms with Gasteiger partial charge in [0.05, 0.1) is 6.10 Å². The molecular formula is C16H19ClO. The topological polar surface area (TPSA) is 9.23 Å². The van der Waals surface area contributed by atoms with Gasteiger partial charge in [-0.15, -0.1) is 11.6 Å². The Morgan fingerprint density at radius 1 is 1.33 bits per heavy atom. The predicted molar refractivity (Wildman–Crippen MR) is 76.3 cm³/mol. The zero-order valence-electron chi connectivity index (χ0n) is 10.8. The maximum atomic E-state index is 5.97. The van der Waals surface area contributed by atoms with Crippen LogP contribution in [0.5, 0.6) is 5.75 Å². The smallest absolute Gasteiger partial charge is 0.120 e. The first-order valence-corrected chi connectivity index (χ1v) is 7.15. The van der Waals surface area contributed by atoms with Crippen LogP contribution in [-0.2, 0) is 0 Å². The summed E-state index contributed by atoms with van der Waals surface area (Å²) in [5.74, 6) is 7.77. The lowest BCUT2D eigenvalue weighted by atomic mass is 10.1. The van der Waals surface area contributed by atoms with Crippen LogP contribution in [0.3, 0.4) is 0 Å². The van der Waals surface area contributed by atoms with Crippen molar-refractivity contribution in [2.24, 2.45) is 0 Å². The lowest BCUT2D eigenvalue weighted by Crippen LogP contribution is -2.10. The van der Waals surface area contributed by atoms with Gasteiger partial charge in [-0.1, -0.05) is 11.8 Å². The fourth-order valence-electron chi connectivity index (χ4n) is 2.25. The number of ether oxygens (including phenoxy) is 1. The molecule has 0 heterocycles. The Kier molecular flexibility index (Phi) is 4.96. The van der Waals surface area contributed by atoms with Crippen molar-refractivity contribution in [2.75, 3.05) is 5.88 Å². The third kappa shape index (κ3) is 3.68. The van der Waals surface area contributed by atoms with Gasteiger partial charge in [0.15, 0.2) is 0 Å². The lowest BCUT2D eigenvalue weighted by molar-refractivity contribution is 0.210. The first-order valence-electron chi connectivity index (χ1n) is 6.62. The molecular weight excluding hydrogens is 244 g/mol. The number of hydrogen-bond donors (Lipinski definition) is 0. The average Bonchev–Trinajstić information content (AvgIpc) is 2.85. The van der Waals surface area contributed by atoms with E-state index in [4.69, 9.17) is 16.3 Å². The summed E-state index contributed by atoms with van der Waals surface area (Å²) in [6.45, 7) is 2.08. The van der Waals surface area contributed by atoms with E-state index in [9.17, 15) is 0 Å². The molecule has 1 aromatic carbocycles. The maximum Gasteiger partial charge on any atom is 0.120 e. The second-order valence-electron chi connectivity index (χ2n) is 4.74. The molecule has 0 aromatic heterocycles. The van der Waals surface area contributed by atoms with Crippen LogP contribution in [0, 0.1) is 18.8 Å². The molecule has 1 fully saturated rings. The molecule has 0 bridgehead atoms. The molecule has 0 unspecified atom stereocenters. The van der Waals surface area contributed by atoms with E-state index in [0.29, 0.717) is 12.0 Å². The summed E-state index contributed by atoms with van der Waals surface area (Å²) in [5.41, 5.74) is 2.24. The van der Waals surface area contributed by atoms with Crippen molar-refractivity contribution < 1.29 is 4.74 Å². The number of hydrogen-bond acceptors (Lipinski definition) is 1. The third-order valence-electron chi connectivity index (χ3n) is 3.25. The summed E-state index contributed by atoms with van der Waals surface area (Å²) in [6.07, 6.45) is 6.13. The van der Waals surface area contributed by atoms with Gasteiger partial charge in [0.2, 0.25) is 0 Å². The molecule has 96 valence electrons. The highest BCUT2D eigenvalue weighted by Crippen LogP contribution is 2.25. The van der Waals surface area contributed by atoms with Gasteiger partial charge in [-0.3, -0.25) is 0 Å². The molecule has 0 N–H and O–H groups in total. The molecule has 0 spiro atoms. The van der Waals surface area contributed by atoms with Gasteiger partial charge in [-0.25, -0.2) is 0 Å². The number of aryl methyl sites for hydroxylation is 1. The van der Waals surface area contributed by atoms with Crippen LogP contribution in [0.2, 0.25) is 0 Å². The highest BCUT2D eigenvalue weighted by molar-refractivity contribution is 6.18. The molecule has 1 aliphatic rings. The highest BCUT2D eigenvalue weighted by atomic mass is 35.5. The van der Waals surface area contributed by atoms with Gasteiger partial charge in [0.25, 0.3) is 0 Å². The Morgan fingerprint density at radius 3 is 2.78 bits per heavy atom. The minimum Gasteiger partial charge on any atom is -0.490 e. The van der Waals surface area contributed by atoms with E-state index in [-0.39, 0.29) is 0 Å².